The molecular weight excluding hydrogens is 136 g/mol. The lowest BCUT2D eigenvalue weighted by Gasteiger charge is -2.27. The highest BCUT2D eigenvalue weighted by atomic mass is 16.3. The molecular formula is C10H16O. The van der Waals surface area contributed by atoms with Gasteiger partial charge < -0.3 is 5.11 Å². The first-order chi connectivity index (χ1) is 4.92. The smallest absolute Gasteiger partial charge is 0.117 e. The summed E-state index contributed by atoms with van der Waals surface area (Å²) in [5.74, 6) is 0.490. The highest BCUT2D eigenvalue weighted by molar-refractivity contribution is 5.33. The minimum Gasteiger partial charge on any atom is -0.508 e. The van der Waals surface area contributed by atoms with Crippen molar-refractivity contribution in [2.75, 3.05) is 0 Å². The van der Waals surface area contributed by atoms with Gasteiger partial charge in [0.25, 0.3) is 0 Å². The lowest BCUT2D eigenvalue weighted by Crippen LogP contribution is -2.14. The summed E-state index contributed by atoms with van der Waals surface area (Å²) < 4.78 is 0. The molecule has 1 nitrogen and oxygen atoms in total. The van der Waals surface area contributed by atoms with Crippen molar-refractivity contribution in [1.29, 1.82) is 0 Å². The normalized spacial score (nSPS) is 23.5. The molecule has 0 bridgehead atoms. The van der Waals surface area contributed by atoms with Crippen LogP contribution in [0.5, 0.6) is 0 Å². The van der Waals surface area contributed by atoms with E-state index in [2.05, 4.69) is 19.9 Å². The summed E-state index contributed by atoms with van der Waals surface area (Å²) in [4.78, 5) is 0. The fourth-order valence-corrected chi connectivity index (χ4v) is 1.81. The van der Waals surface area contributed by atoms with Gasteiger partial charge in [-0.3, -0.25) is 0 Å². The quantitative estimate of drug-likeness (QED) is 0.565. The average Bonchev–Trinajstić information content (AvgIpc) is 1.81. The van der Waals surface area contributed by atoms with Crippen LogP contribution in [0.15, 0.2) is 23.0 Å². The number of hydrogen-bond donors (Lipinski definition) is 1. The summed E-state index contributed by atoms with van der Waals surface area (Å²) in [6.45, 7) is 8.33. The molecule has 0 heterocycles. The van der Waals surface area contributed by atoms with Crippen LogP contribution in [0.2, 0.25) is 0 Å². The second-order valence-corrected chi connectivity index (χ2v) is 4.12. The third-order valence-corrected chi connectivity index (χ3v) is 2.11. The molecule has 1 N–H and O–H groups in total. The van der Waals surface area contributed by atoms with Crippen LogP contribution in [-0.4, -0.2) is 5.11 Å². The number of allylic oxidation sites excluding steroid dienone is 3. The van der Waals surface area contributed by atoms with E-state index in [9.17, 15) is 5.11 Å². The Kier molecular flexibility index (Phi) is 1.83. The van der Waals surface area contributed by atoms with Crippen molar-refractivity contribution in [3.63, 3.8) is 0 Å². The van der Waals surface area contributed by atoms with Crippen molar-refractivity contribution in [2.24, 2.45) is 5.41 Å². The molecule has 1 heteroatoms. The zero-order valence-electron chi connectivity index (χ0n) is 7.73. The second-order valence-electron chi connectivity index (χ2n) is 4.12. The van der Waals surface area contributed by atoms with Crippen LogP contribution < -0.4 is 0 Å². The highest BCUT2D eigenvalue weighted by Crippen LogP contribution is 2.35. The van der Waals surface area contributed by atoms with E-state index < -0.39 is 0 Å². The predicted molar refractivity (Wildman–Crippen MR) is 47.5 cm³/mol. The summed E-state index contributed by atoms with van der Waals surface area (Å²) in [6, 6.07) is 0. The van der Waals surface area contributed by atoms with Crippen LogP contribution in [0.25, 0.3) is 0 Å². The van der Waals surface area contributed by atoms with Gasteiger partial charge in [-0.2, -0.15) is 0 Å². The fraction of sp³-hybridized carbons (Fsp3) is 0.600. The zero-order valence-corrected chi connectivity index (χ0v) is 7.73. The van der Waals surface area contributed by atoms with E-state index in [1.54, 1.807) is 0 Å². The topological polar surface area (TPSA) is 20.2 Å². The van der Waals surface area contributed by atoms with Gasteiger partial charge in [0.1, 0.15) is 5.76 Å². The van der Waals surface area contributed by atoms with E-state index in [4.69, 9.17) is 0 Å². The molecule has 0 saturated heterocycles. The van der Waals surface area contributed by atoms with Crippen molar-refractivity contribution >= 4 is 0 Å². The van der Waals surface area contributed by atoms with Gasteiger partial charge in [-0.25, -0.2) is 0 Å². The van der Waals surface area contributed by atoms with Crippen molar-refractivity contribution in [3.8, 4) is 0 Å². The number of rotatable bonds is 0. The summed E-state index contributed by atoms with van der Waals surface area (Å²) in [5, 5.41) is 9.49. The Balaban J connectivity index is 3.01. The molecule has 0 atom stereocenters. The Labute approximate surface area is 68.4 Å². The van der Waals surface area contributed by atoms with Gasteiger partial charge in [0.2, 0.25) is 0 Å². The molecule has 0 amide bonds. The molecule has 0 aliphatic heterocycles. The molecule has 1 aliphatic carbocycles. The van der Waals surface area contributed by atoms with E-state index in [0.717, 1.165) is 17.6 Å². The van der Waals surface area contributed by atoms with Gasteiger partial charge in [-0.05, 0) is 36.8 Å². The maximum Gasteiger partial charge on any atom is 0.117 e. The molecule has 1 rings (SSSR count). The van der Waals surface area contributed by atoms with Crippen molar-refractivity contribution < 1.29 is 5.11 Å². The summed E-state index contributed by atoms with van der Waals surface area (Å²) >= 11 is 0. The second kappa shape index (κ2) is 2.40. The van der Waals surface area contributed by atoms with Gasteiger partial charge in [0.15, 0.2) is 0 Å². The molecule has 0 radical (unpaired) electrons. The molecule has 0 spiro atoms. The van der Waals surface area contributed by atoms with Gasteiger partial charge in [-0.1, -0.05) is 19.9 Å². The van der Waals surface area contributed by atoms with Crippen LogP contribution in [0.3, 0.4) is 0 Å². The van der Waals surface area contributed by atoms with Crippen molar-refractivity contribution in [2.45, 2.75) is 34.1 Å². The minimum atomic E-state index is 0.223. The molecule has 62 valence electrons. The van der Waals surface area contributed by atoms with Gasteiger partial charge in [0, 0.05) is 0 Å². The largest absolute Gasteiger partial charge is 0.508 e. The maximum atomic E-state index is 9.49. The lowest BCUT2D eigenvalue weighted by molar-refractivity contribution is 0.376. The molecule has 0 aromatic rings. The van der Waals surface area contributed by atoms with Gasteiger partial charge in [-0.15, -0.1) is 0 Å². The van der Waals surface area contributed by atoms with Crippen LogP contribution in [0.1, 0.15) is 34.1 Å². The van der Waals surface area contributed by atoms with E-state index in [0.29, 0.717) is 5.76 Å². The summed E-state index contributed by atoms with van der Waals surface area (Å²) in [7, 11) is 0. The maximum absolute atomic E-state index is 9.49. The standard InChI is InChI=1S/C10H16O/c1-7-5-10(3,4)6-8(2)9(7)11/h5,11H,6H2,1-4H3. The van der Waals surface area contributed by atoms with Crippen molar-refractivity contribution in [3.05, 3.63) is 23.0 Å². The molecule has 0 aromatic heterocycles. The average molecular weight is 152 g/mol. The summed E-state index contributed by atoms with van der Waals surface area (Å²) in [5.41, 5.74) is 2.34. The van der Waals surface area contributed by atoms with E-state index in [1.165, 1.54) is 0 Å². The zero-order chi connectivity index (χ0) is 8.65. The van der Waals surface area contributed by atoms with E-state index in [-0.39, 0.29) is 5.41 Å². The lowest BCUT2D eigenvalue weighted by atomic mass is 9.79. The van der Waals surface area contributed by atoms with Crippen molar-refractivity contribution in [1.82, 2.24) is 0 Å². The predicted octanol–water partition coefficient (Wildman–Crippen LogP) is 3.19. The van der Waals surface area contributed by atoms with E-state index >= 15 is 0 Å². The van der Waals surface area contributed by atoms with Gasteiger partial charge in [0.05, 0.1) is 0 Å². The Hall–Kier alpha value is -0.720. The molecule has 0 unspecified atom stereocenters. The first kappa shape index (κ1) is 8.38. The fourth-order valence-electron chi connectivity index (χ4n) is 1.81. The number of aliphatic hydroxyl groups is 1. The molecule has 1 aliphatic rings. The molecule has 0 saturated carbocycles. The van der Waals surface area contributed by atoms with E-state index in [1.807, 2.05) is 13.8 Å². The molecule has 0 fully saturated rings. The third-order valence-electron chi connectivity index (χ3n) is 2.11. The Morgan fingerprint density at radius 3 is 2.36 bits per heavy atom. The third kappa shape index (κ3) is 1.65. The monoisotopic (exact) mass is 152 g/mol. The Bertz CT molecular complexity index is 231. The number of hydrogen-bond acceptors (Lipinski definition) is 1. The first-order valence-corrected chi connectivity index (χ1v) is 4.01. The summed E-state index contributed by atoms with van der Waals surface area (Å²) in [6.07, 6.45) is 3.10. The Morgan fingerprint density at radius 1 is 1.36 bits per heavy atom. The van der Waals surface area contributed by atoms with Crippen LogP contribution in [0, 0.1) is 5.41 Å². The minimum absolute atomic E-state index is 0.223. The van der Waals surface area contributed by atoms with Crippen LogP contribution in [0.4, 0.5) is 0 Å². The van der Waals surface area contributed by atoms with Crippen LogP contribution in [-0.2, 0) is 0 Å². The number of aliphatic hydroxyl groups excluding tert-OH is 1. The highest BCUT2D eigenvalue weighted by Gasteiger charge is 2.22. The molecule has 0 aromatic carbocycles. The SMILES string of the molecule is CC1=CC(C)(C)CC(C)=C1O. The first-order valence-electron chi connectivity index (χ1n) is 4.01. The van der Waals surface area contributed by atoms with Crippen LogP contribution >= 0.6 is 0 Å². The molecule has 11 heavy (non-hydrogen) atoms. The van der Waals surface area contributed by atoms with Gasteiger partial charge >= 0.3 is 0 Å². The Morgan fingerprint density at radius 2 is 1.91 bits per heavy atom.